The molecule has 0 unspecified atom stereocenters. The largest absolute Gasteiger partial charge is 0.299 e. The number of ketones is 2. The van der Waals surface area contributed by atoms with E-state index < -0.39 is 0 Å². The van der Waals surface area contributed by atoms with Gasteiger partial charge < -0.3 is 0 Å². The molecule has 2 aliphatic carbocycles. The molecule has 2 aliphatic rings. The molecule has 0 saturated carbocycles. The van der Waals surface area contributed by atoms with Gasteiger partial charge in [0.25, 0.3) is 0 Å². The quantitative estimate of drug-likeness (QED) is 0.247. The number of rotatable bonds is 10. The van der Waals surface area contributed by atoms with Gasteiger partial charge in [0.2, 0.25) is 0 Å². The normalized spacial score (nSPS) is 21.6. The molecule has 2 nitrogen and oxygen atoms in total. The monoisotopic (exact) mass is 564 g/mol. The minimum atomic E-state index is -0.0963. The van der Waals surface area contributed by atoms with Crippen molar-refractivity contribution < 1.29 is 9.59 Å². The second-order valence-electron chi connectivity index (χ2n) is 13.4. The van der Waals surface area contributed by atoms with Crippen LogP contribution in [0.2, 0.25) is 0 Å². The molecule has 0 bridgehead atoms. The molecule has 0 amide bonds. The third kappa shape index (κ3) is 11.4. The van der Waals surface area contributed by atoms with E-state index in [1.54, 1.807) is 0 Å². The molecule has 0 aromatic rings. The first kappa shape index (κ1) is 34.7. The topological polar surface area (TPSA) is 34.1 Å². The average Bonchev–Trinajstić information content (AvgIpc) is 2.84. The van der Waals surface area contributed by atoms with E-state index in [0.29, 0.717) is 37.2 Å². The van der Waals surface area contributed by atoms with Crippen molar-refractivity contribution in [1.29, 1.82) is 0 Å². The third-order valence-electron chi connectivity index (χ3n) is 7.87. The predicted molar refractivity (Wildman–Crippen MR) is 182 cm³/mol. The van der Waals surface area contributed by atoms with Gasteiger partial charge in [-0.3, -0.25) is 9.59 Å². The molecule has 0 aromatic carbocycles. The molecular weight excluding hydrogens is 512 g/mol. The van der Waals surface area contributed by atoms with Crippen LogP contribution in [0.3, 0.4) is 0 Å². The minimum Gasteiger partial charge on any atom is -0.299 e. The Kier molecular flexibility index (Phi) is 12.9. The lowest BCUT2D eigenvalue weighted by atomic mass is 9.72. The summed E-state index contributed by atoms with van der Waals surface area (Å²) in [5.41, 5.74) is 9.45. The van der Waals surface area contributed by atoms with Crippen LogP contribution >= 0.6 is 0 Å². The SMILES string of the molecule is CC1=C(/C=C/C(C)=C/C=C/C(C)=C/C=C/C=C(C)/C=C/C=C(C)/C=C/C2=C(C)CC(=O)CC2(C)C)C(C)(C)CC(=O)C1. The highest BCUT2D eigenvalue weighted by Gasteiger charge is 2.32. The molecule has 0 radical (unpaired) electrons. The van der Waals surface area contributed by atoms with Crippen LogP contribution in [0.25, 0.3) is 0 Å². The van der Waals surface area contributed by atoms with E-state index in [4.69, 9.17) is 0 Å². The van der Waals surface area contributed by atoms with E-state index in [0.717, 1.165) is 0 Å². The fourth-order valence-electron chi connectivity index (χ4n) is 5.74. The summed E-state index contributed by atoms with van der Waals surface area (Å²) in [4.78, 5) is 23.9. The predicted octanol–water partition coefficient (Wildman–Crippen LogP) is 11.0. The van der Waals surface area contributed by atoms with E-state index in [-0.39, 0.29) is 10.8 Å². The summed E-state index contributed by atoms with van der Waals surface area (Å²) in [6.45, 7) is 21.2. The lowest BCUT2D eigenvalue weighted by Crippen LogP contribution is -2.25. The standard InChI is InChI=1S/C40H52O2/c1-29(17-13-19-31(3)21-23-37-33(5)25-35(41)27-39(37,7)8)15-11-12-16-30(2)18-14-20-32(4)22-24-38-34(6)26-36(42)28-40(38,9)10/h11-24H,25-28H2,1-10H3/b12-11+,17-13+,18-14+,23-21+,24-22+,29-15+,30-16+,31-19+,32-20+. The summed E-state index contributed by atoms with van der Waals surface area (Å²) >= 11 is 0. The van der Waals surface area contributed by atoms with Gasteiger partial charge in [0, 0.05) is 25.7 Å². The van der Waals surface area contributed by atoms with Crippen molar-refractivity contribution in [3.63, 3.8) is 0 Å². The van der Waals surface area contributed by atoms with E-state index in [1.807, 2.05) is 0 Å². The molecule has 0 aliphatic heterocycles. The summed E-state index contributed by atoms with van der Waals surface area (Å²) in [6.07, 6.45) is 32.0. The zero-order valence-electron chi connectivity index (χ0n) is 27.7. The molecule has 0 N–H and O–H groups in total. The van der Waals surface area contributed by atoms with Crippen LogP contribution in [0.15, 0.2) is 130 Å². The molecule has 0 atom stereocenters. The Morgan fingerprint density at radius 2 is 0.833 bits per heavy atom. The highest BCUT2D eigenvalue weighted by Crippen LogP contribution is 2.40. The number of Topliss-reactive ketones (excluding diaryl/α,β-unsaturated/α-hetero) is 2. The molecule has 0 heterocycles. The van der Waals surface area contributed by atoms with Crippen LogP contribution in [0.1, 0.15) is 94.9 Å². The summed E-state index contributed by atoms with van der Waals surface area (Å²) in [5, 5.41) is 0. The van der Waals surface area contributed by atoms with Crippen molar-refractivity contribution in [2.75, 3.05) is 0 Å². The Labute approximate surface area is 256 Å². The first-order valence-corrected chi connectivity index (χ1v) is 15.1. The van der Waals surface area contributed by atoms with Gasteiger partial charge in [-0.2, -0.15) is 0 Å². The zero-order valence-corrected chi connectivity index (χ0v) is 27.7. The summed E-state index contributed by atoms with van der Waals surface area (Å²) < 4.78 is 0. The Hall–Kier alpha value is -3.52. The van der Waals surface area contributed by atoms with Gasteiger partial charge in [-0.25, -0.2) is 0 Å². The van der Waals surface area contributed by atoms with Crippen molar-refractivity contribution in [1.82, 2.24) is 0 Å². The number of hydrogen-bond donors (Lipinski definition) is 0. The highest BCUT2D eigenvalue weighted by atomic mass is 16.1. The van der Waals surface area contributed by atoms with Gasteiger partial charge in [0.05, 0.1) is 0 Å². The Morgan fingerprint density at radius 1 is 0.524 bits per heavy atom. The smallest absolute Gasteiger partial charge is 0.137 e. The van der Waals surface area contributed by atoms with Crippen LogP contribution in [-0.4, -0.2) is 11.6 Å². The summed E-state index contributed by atoms with van der Waals surface area (Å²) in [5.74, 6) is 0.672. The van der Waals surface area contributed by atoms with Crippen molar-refractivity contribution in [2.24, 2.45) is 10.8 Å². The van der Waals surface area contributed by atoms with Crippen LogP contribution in [-0.2, 0) is 9.59 Å². The molecule has 0 fully saturated rings. The molecule has 42 heavy (non-hydrogen) atoms. The molecule has 0 saturated heterocycles. The number of allylic oxidation sites excluding steroid dienone is 22. The van der Waals surface area contributed by atoms with Crippen LogP contribution in [0, 0.1) is 10.8 Å². The van der Waals surface area contributed by atoms with E-state index in [2.05, 4.69) is 154 Å². The number of hydrogen-bond acceptors (Lipinski definition) is 2. The van der Waals surface area contributed by atoms with Crippen LogP contribution in [0.5, 0.6) is 0 Å². The molecular formula is C40H52O2. The van der Waals surface area contributed by atoms with Crippen LogP contribution < -0.4 is 0 Å². The summed E-state index contributed by atoms with van der Waals surface area (Å²) in [7, 11) is 0. The molecule has 2 rings (SSSR count). The fraction of sp³-hybridized carbons (Fsp3) is 0.400. The van der Waals surface area contributed by atoms with Crippen molar-refractivity contribution in [3.8, 4) is 0 Å². The third-order valence-corrected chi connectivity index (χ3v) is 7.87. The first-order chi connectivity index (χ1) is 19.6. The zero-order chi connectivity index (χ0) is 31.5. The fourth-order valence-corrected chi connectivity index (χ4v) is 5.74. The van der Waals surface area contributed by atoms with E-state index >= 15 is 0 Å². The van der Waals surface area contributed by atoms with Gasteiger partial charge in [0.15, 0.2) is 0 Å². The van der Waals surface area contributed by atoms with Gasteiger partial charge in [-0.1, -0.05) is 146 Å². The van der Waals surface area contributed by atoms with Crippen LogP contribution in [0.4, 0.5) is 0 Å². The number of carbonyl (C=O) groups excluding carboxylic acids is 2. The highest BCUT2D eigenvalue weighted by molar-refractivity contribution is 5.84. The van der Waals surface area contributed by atoms with E-state index in [9.17, 15) is 9.59 Å². The second kappa shape index (κ2) is 15.6. The molecule has 0 aromatic heterocycles. The van der Waals surface area contributed by atoms with Crippen molar-refractivity contribution in [2.45, 2.75) is 94.9 Å². The summed E-state index contributed by atoms with van der Waals surface area (Å²) in [6, 6.07) is 0. The maximum atomic E-state index is 12.0. The average molecular weight is 565 g/mol. The van der Waals surface area contributed by atoms with Crippen molar-refractivity contribution >= 4 is 11.6 Å². The van der Waals surface area contributed by atoms with Gasteiger partial charge in [0.1, 0.15) is 11.6 Å². The number of carbonyl (C=O) groups is 2. The lowest BCUT2D eigenvalue weighted by Gasteiger charge is -2.32. The minimum absolute atomic E-state index is 0.0963. The lowest BCUT2D eigenvalue weighted by molar-refractivity contribution is -0.121. The Balaban J connectivity index is 1.91. The van der Waals surface area contributed by atoms with Gasteiger partial charge in [-0.15, -0.1) is 0 Å². The second-order valence-corrected chi connectivity index (χ2v) is 13.4. The van der Waals surface area contributed by atoms with Gasteiger partial charge in [-0.05, 0) is 63.5 Å². The van der Waals surface area contributed by atoms with E-state index in [1.165, 1.54) is 44.6 Å². The maximum Gasteiger partial charge on any atom is 0.137 e. The van der Waals surface area contributed by atoms with Crippen molar-refractivity contribution in [3.05, 3.63) is 130 Å². The first-order valence-electron chi connectivity index (χ1n) is 15.1. The molecule has 224 valence electrons. The maximum absolute atomic E-state index is 12.0. The Bertz CT molecular complexity index is 1270. The Morgan fingerprint density at radius 3 is 1.17 bits per heavy atom. The van der Waals surface area contributed by atoms with Gasteiger partial charge >= 0.3 is 0 Å². The molecule has 0 spiro atoms. The molecule has 2 heteroatoms.